The van der Waals surface area contributed by atoms with Crippen LogP contribution in [0.15, 0.2) is 0 Å². The maximum absolute atomic E-state index is 3.54. The molecule has 0 aromatic heterocycles. The Morgan fingerprint density at radius 2 is 1.56 bits per heavy atom. The predicted molar refractivity (Wildman–Crippen MR) is 74.5 cm³/mol. The van der Waals surface area contributed by atoms with Gasteiger partial charge in [0.15, 0.2) is 0 Å². The molecule has 0 aromatic carbocycles. The van der Waals surface area contributed by atoms with Crippen LogP contribution in [0.1, 0.15) is 44.9 Å². The molecule has 0 amide bonds. The summed E-state index contributed by atoms with van der Waals surface area (Å²) < 4.78 is 0. The van der Waals surface area contributed by atoms with E-state index in [4.69, 9.17) is 0 Å². The monoisotopic (exact) mass is 248 g/mol. The van der Waals surface area contributed by atoms with Crippen LogP contribution in [0.5, 0.6) is 0 Å². The van der Waals surface area contributed by atoms with E-state index in [9.17, 15) is 0 Å². The molecule has 0 unspecified atom stereocenters. The highest BCUT2D eigenvalue weighted by molar-refractivity contribution is 5.02. The van der Waals surface area contributed by atoms with Crippen LogP contribution in [0.3, 0.4) is 0 Å². The van der Waals surface area contributed by atoms with Crippen molar-refractivity contribution in [2.24, 2.45) is 23.2 Å². The van der Waals surface area contributed by atoms with Gasteiger partial charge in [0.25, 0.3) is 0 Å². The van der Waals surface area contributed by atoms with Gasteiger partial charge < -0.3 is 10.2 Å². The van der Waals surface area contributed by atoms with Crippen LogP contribution in [-0.4, -0.2) is 37.6 Å². The Balaban J connectivity index is 1.46. The van der Waals surface area contributed by atoms with Crippen LogP contribution < -0.4 is 5.32 Å². The van der Waals surface area contributed by atoms with Crippen LogP contribution in [0.25, 0.3) is 0 Å². The Bertz CT molecular complexity index is 269. The molecule has 5 rings (SSSR count). The summed E-state index contributed by atoms with van der Waals surface area (Å²) in [6.45, 7) is 6.51. The van der Waals surface area contributed by atoms with Crippen LogP contribution >= 0.6 is 0 Å². The summed E-state index contributed by atoms with van der Waals surface area (Å²) in [6, 6.07) is 0. The minimum absolute atomic E-state index is 0.749. The highest BCUT2D eigenvalue weighted by Crippen LogP contribution is 2.60. The van der Waals surface area contributed by atoms with Crippen molar-refractivity contribution in [3.05, 3.63) is 0 Å². The summed E-state index contributed by atoms with van der Waals surface area (Å²) in [5.41, 5.74) is 0.749. The van der Waals surface area contributed by atoms with Crippen LogP contribution in [0.4, 0.5) is 0 Å². The molecule has 4 saturated carbocycles. The van der Waals surface area contributed by atoms with E-state index in [0.717, 1.165) is 23.2 Å². The minimum atomic E-state index is 0.749. The first-order chi connectivity index (χ1) is 8.81. The van der Waals surface area contributed by atoms with Crippen molar-refractivity contribution < 1.29 is 0 Å². The molecule has 1 saturated heterocycles. The summed E-state index contributed by atoms with van der Waals surface area (Å²) in [5.74, 6) is 3.34. The summed E-state index contributed by atoms with van der Waals surface area (Å²) in [7, 11) is 0. The zero-order chi connectivity index (χ0) is 12.0. The number of nitrogens with one attached hydrogen (secondary N) is 1. The normalized spacial score (nSPS) is 48.3. The number of nitrogens with zero attached hydrogens (tertiary/aromatic N) is 1. The summed E-state index contributed by atoms with van der Waals surface area (Å²) in [4.78, 5) is 2.78. The predicted octanol–water partition coefficient (Wildman–Crippen LogP) is 2.50. The molecule has 1 heterocycles. The van der Waals surface area contributed by atoms with Crippen molar-refractivity contribution >= 4 is 0 Å². The highest BCUT2D eigenvalue weighted by atomic mass is 15.2. The summed E-state index contributed by atoms with van der Waals surface area (Å²) in [6.07, 6.45) is 10.8. The SMILES string of the molecule is C1CNCCN(CC23CC4CC(CC(C4)C2)C3)C1. The minimum Gasteiger partial charge on any atom is -0.315 e. The first-order valence-corrected chi connectivity index (χ1v) is 8.24. The molecule has 0 aromatic rings. The average molecular weight is 248 g/mol. The number of rotatable bonds is 2. The molecule has 1 aliphatic heterocycles. The molecular formula is C16H28N2. The lowest BCUT2D eigenvalue weighted by atomic mass is 9.49. The molecule has 18 heavy (non-hydrogen) atoms. The third-order valence-electron chi connectivity index (χ3n) is 6.16. The van der Waals surface area contributed by atoms with E-state index in [2.05, 4.69) is 10.2 Å². The number of hydrogen-bond acceptors (Lipinski definition) is 2. The lowest BCUT2D eigenvalue weighted by molar-refractivity contribution is -0.0683. The maximum Gasteiger partial charge on any atom is 0.0107 e. The topological polar surface area (TPSA) is 15.3 Å². The lowest BCUT2D eigenvalue weighted by Crippen LogP contribution is -2.51. The molecule has 4 bridgehead atoms. The van der Waals surface area contributed by atoms with E-state index >= 15 is 0 Å². The zero-order valence-electron chi connectivity index (χ0n) is 11.7. The largest absolute Gasteiger partial charge is 0.315 e. The van der Waals surface area contributed by atoms with Crippen LogP contribution in [0, 0.1) is 23.2 Å². The molecule has 2 nitrogen and oxygen atoms in total. The summed E-state index contributed by atoms with van der Waals surface area (Å²) >= 11 is 0. The van der Waals surface area contributed by atoms with Gasteiger partial charge in [-0.2, -0.15) is 0 Å². The van der Waals surface area contributed by atoms with Gasteiger partial charge in [0.05, 0.1) is 0 Å². The second-order valence-corrected chi connectivity index (χ2v) is 7.80. The van der Waals surface area contributed by atoms with Crippen molar-refractivity contribution in [3.8, 4) is 0 Å². The van der Waals surface area contributed by atoms with Crippen LogP contribution in [-0.2, 0) is 0 Å². The van der Waals surface area contributed by atoms with E-state index in [1.807, 2.05) is 0 Å². The van der Waals surface area contributed by atoms with Crippen LogP contribution in [0.2, 0.25) is 0 Å². The third kappa shape index (κ3) is 2.12. The fourth-order valence-corrected chi connectivity index (χ4v) is 6.02. The molecule has 102 valence electrons. The lowest BCUT2D eigenvalue weighted by Gasteiger charge is -2.58. The van der Waals surface area contributed by atoms with Gasteiger partial charge in [-0.25, -0.2) is 0 Å². The first kappa shape index (κ1) is 11.7. The maximum atomic E-state index is 3.54. The smallest absolute Gasteiger partial charge is 0.0107 e. The average Bonchev–Trinajstić information content (AvgIpc) is 2.55. The van der Waals surface area contributed by atoms with E-state index in [0.29, 0.717) is 0 Å². The quantitative estimate of drug-likeness (QED) is 0.808. The van der Waals surface area contributed by atoms with Gasteiger partial charge in [0, 0.05) is 19.6 Å². The van der Waals surface area contributed by atoms with Gasteiger partial charge in [-0.05, 0) is 81.2 Å². The molecule has 1 N–H and O–H groups in total. The van der Waals surface area contributed by atoms with Gasteiger partial charge in [0.2, 0.25) is 0 Å². The Hall–Kier alpha value is -0.0800. The van der Waals surface area contributed by atoms with Crippen molar-refractivity contribution in [1.29, 1.82) is 0 Å². The van der Waals surface area contributed by atoms with Gasteiger partial charge in [0.1, 0.15) is 0 Å². The van der Waals surface area contributed by atoms with E-state index < -0.39 is 0 Å². The Kier molecular flexibility index (Phi) is 2.92. The van der Waals surface area contributed by atoms with Crippen molar-refractivity contribution in [1.82, 2.24) is 10.2 Å². The van der Waals surface area contributed by atoms with Gasteiger partial charge in [-0.1, -0.05) is 0 Å². The van der Waals surface area contributed by atoms with E-state index in [1.54, 1.807) is 38.5 Å². The molecule has 2 heteroatoms. The molecular weight excluding hydrogens is 220 g/mol. The fraction of sp³-hybridized carbons (Fsp3) is 1.00. The van der Waals surface area contributed by atoms with Gasteiger partial charge in [-0.3, -0.25) is 0 Å². The molecule has 0 radical (unpaired) electrons. The first-order valence-electron chi connectivity index (χ1n) is 8.24. The highest BCUT2D eigenvalue weighted by Gasteiger charge is 2.51. The van der Waals surface area contributed by atoms with E-state index in [1.165, 1.54) is 39.1 Å². The summed E-state index contributed by atoms with van der Waals surface area (Å²) in [5, 5.41) is 3.54. The molecule has 5 fully saturated rings. The van der Waals surface area contributed by atoms with Gasteiger partial charge >= 0.3 is 0 Å². The Morgan fingerprint density at radius 3 is 2.22 bits per heavy atom. The Morgan fingerprint density at radius 1 is 0.889 bits per heavy atom. The molecule has 5 aliphatic rings. The van der Waals surface area contributed by atoms with Crippen molar-refractivity contribution in [2.75, 3.05) is 32.7 Å². The van der Waals surface area contributed by atoms with E-state index in [-0.39, 0.29) is 0 Å². The molecule has 4 aliphatic carbocycles. The number of hydrogen-bond donors (Lipinski definition) is 1. The fourth-order valence-electron chi connectivity index (χ4n) is 6.02. The molecule has 0 atom stereocenters. The third-order valence-corrected chi connectivity index (χ3v) is 6.16. The zero-order valence-corrected chi connectivity index (χ0v) is 11.7. The second kappa shape index (κ2) is 4.49. The standard InChI is InChI=1S/C16H28N2/c1-2-17-3-5-18(4-1)12-16-9-13-6-14(10-16)8-15(7-13)11-16/h13-15,17H,1-12H2. The second-order valence-electron chi connectivity index (χ2n) is 7.80. The molecule has 0 spiro atoms. The van der Waals surface area contributed by atoms with Crippen molar-refractivity contribution in [2.45, 2.75) is 44.9 Å². The Labute approximate surface area is 111 Å². The van der Waals surface area contributed by atoms with Gasteiger partial charge in [-0.15, -0.1) is 0 Å². The van der Waals surface area contributed by atoms with Crippen molar-refractivity contribution in [3.63, 3.8) is 0 Å².